The summed E-state index contributed by atoms with van der Waals surface area (Å²) in [7, 11) is 0. The molecule has 1 aromatic rings. The van der Waals surface area contributed by atoms with Crippen LogP contribution in [-0.2, 0) is 11.3 Å². The zero-order chi connectivity index (χ0) is 15.7. The molecule has 0 spiro atoms. The molecule has 0 aromatic heterocycles. The molecule has 0 aliphatic carbocycles. The van der Waals surface area contributed by atoms with Gasteiger partial charge in [0.15, 0.2) is 0 Å². The standard InChI is InChI=1S/C17H27N3O/c1-16(2,3)19-12-13-8-6-7-9-14(13)20-11-10-18-15(21)17(20,4)5/h6-9,19H,10-12H2,1-5H3,(H,18,21). The van der Waals surface area contributed by atoms with E-state index in [-0.39, 0.29) is 11.4 Å². The predicted octanol–water partition coefficient (Wildman–Crippen LogP) is 2.29. The Balaban J connectivity index is 2.29. The largest absolute Gasteiger partial charge is 0.355 e. The van der Waals surface area contributed by atoms with Gasteiger partial charge in [0, 0.05) is 30.9 Å². The lowest BCUT2D eigenvalue weighted by molar-refractivity contribution is -0.126. The highest BCUT2D eigenvalue weighted by Gasteiger charge is 2.38. The van der Waals surface area contributed by atoms with Crippen LogP contribution in [0.2, 0.25) is 0 Å². The highest BCUT2D eigenvalue weighted by atomic mass is 16.2. The molecule has 1 aliphatic heterocycles. The van der Waals surface area contributed by atoms with Gasteiger partial charge in [-0.25, -0.2) is 0 Å². The number of hydrogen-bond donors (Lipinski definition) is 2. The van der Waals surface area contributed by atoms with Crippen LogP contribution in [0, 0.1) is 0 Å². The van der Waals surface area contributed by atoms with E-state index in [1.54, 1.807) is 0 Å². The van der Waals surface area contributed by atoms with Gasteiger partial charge in [0.05, 0.1) is 0 Å². The van der Waals surface area contributed by atoms with Crippen molar-refractivity contribution in [3.63, 3.8) is 0 Å². The van der Waals surface area contributed by atoms with Crippen LogP contribution in [0.3, 0.4) is 0 Å². The first-order valence-corrected chi connectivity index (χ1v) is 7.61. The zero-order valence-corrected chi connectivity index (χ0v) is 13.8. The Hall–Kier alpha value is -1.55. The lowest BCUT2D eigenvalue weighted by atomic mass is 9.96. The van der Waals surface area contributed by atoms with E-state index in [0.29, 0.717) is 6.54 Å². The number of anilines is 1. The molecule has 4 nitrogen and oxygen atoms in total. The minimum absolute atomic E-state index is 0.0713. The van der Waals surface area contributed by atoms with Crippen LogP contribution >= 0.6 is 0 Å². The molecule has 1 heterocycles. The van der Waals surface area contributed by atoms with Crippen molar-refractivity contribution in [1.82, 2.24) is 10.6 Å². The van der Waals surface area contributed by atoms with Gasteiger partial charge in [-0.2, -0.15) is 0 Å². The summed E-state index contributed by atoms with van der Waals surface area (Å²) in [5.41, 5.74) is 1.93. The van der Waals surface area contributed by atoms with Gasteiger partial charge >= 0.3 is 0 Å². The summed E-state index contributed by atoms with van der Waals surface area (Å²) in [5, 5.41) is 6.48. The van der Waals surface area contributed by atoms with Crippen LogP contribution in [0.4, 0.5) is 5.69 Å². The fourth-order valence-corrected chi connectivity index (χ4v) is 2.61. The van der Waals surface area contributed by atoms with Crippen molar-refractivity contribution in [1.29, 1.82) is 0 Å². The average Bonchev–Trinajstić information content (AvgIpc) is 2.39. The lowest BCUT2D eigenvalue weighted by Crippen LogP contribution is -2.62. The molecule has 4 heteroatoms. The molecule has 0 radical (unpaired) electrons. The summed E-state index contributed by atoms with van der Waals surface area (Å²) >= 11 is 0. The molecule has 2 rings (SSSR count). The van der Waals surface area contributed by atoms with Gasteiger partial charge in [0.1, 0.15) is 5.54 Å². The smallest absolute Gasteiger partial charge is 0.245 e. The van der Waals surface area contributed by atoms with E-state index in [1.165, 1.54) is 5.56 Å². The number of amides is 1. The Kier molecular flexibility index (Phi) is 4.28. The fraction of sp³-hybridized carbons (Fsp3) is 0.588. The van der Waals surface area contributed by atoms with Crippen molar-refractivity contribution in [3.05, 3.63) is 29.8 Å². The van der Waals surface area contributed by atoms with Crippen molar-refractivity contribution in [3.8, 4) is 0 Å². The van der Waals surface area contributed by atoms with Gasteiger partial charge < -0.3 is 15.5 Å². The van der Waals surface area contributed by atoms with E-state index in [9.17, 15) is 4.79 Å². The third-order valence-electron chi connectivity index (χ3n) is 3.94. The van der Waals surface area contributed by atoms with Gasteiger partial charge in [-0.05, 0) is 46.2 Å². The number of benzene rings is 1. The monoisotopic (exact) mass is 289 g/mol. The summed E-state index contributed by atoms with van der Waals surface area (Å²) in [5.74, 6) is 0.0901. The van der Waals surface area contributed by atoms with Gasteiger partial charge in [-0.1, -0.05) is 18.2 Å². The molecule has 0 unspecified atom stereocenters. The summed E-state index contributed by atoms with van der Waals surface area (Å²) in [6, 6.07) is 8.34. The third kappa shape index (κ3) is 3.56. The van der Waals surface area contributed by atoms with Gasteiger partial charge in [0.2, 0.25) is 5.91 Å². The molecule has 1 aliphatic rings. The van der Waals surface area contributed by atoms with Crippen molar-refractivity contribution in [2.75, 3.05) is 18.0 Å². The van der Waals surface area contributed by atoms with Crippen LogP contribution < -0.4 is 15.5 Å². The number of nitrogens with zero attached hydrogens (tertiary/aromatic N) is 1. The number of carbonyl (C=O) groups excluding carboxylic acids is 1. The maximum Gasteiger partial charge on any atom is 0.245 e. The number of para-hydroxylation sites is 1. The first-order chi connectivity index (χ1) is 9.72. The number of piperazine rings is 1. The first-order valence-electron chi connectivity index (χ1n) is 7.61. The third-order valence-corrected chi connectivity index (χ3v) is 3.94. The summed E-state index contributed by atoms with van der Waals surface area (Å²) in [4.78, 5) is 14.4. The molecule has 0 saturated carbocycles. The molecule has 1 fully saturated rings. The molecule has 2 N–H and O–H groups in total. The van der Waals surface area contributed by atoms with Gasteiger partial charge in [-0.15, -0.1) is 0 Å². The Morgan fingerprint density at radius 1 is 1.29 bits per heavy atom. The maximum absolute atomic E-state index is 12.2. The van der Waals surface area contributed by atoms with Crippen LogP contribution in [-0.4, -0.2) is 30.1 Å². The summed E-state index contributed by atoms with van der Waals surface area (Å²) < 4.78 is 0. The number of nitrogens with one attached hydrogen (secondary N) is 2. The van der Waals surface area contributed by atoms with Gasteiger partial charge in [-0.3, -0.25) is 4.79 Å². The second kappa shape index (κ2) is 5.68. The molecule has 1 aromatic carbocycles. The van der Waals surface area contributed by atoms with Crippen molar-refractivity contribution in [2.45, 2.75) is 52.2 Å². The summed E-state index contributed by atoms with van der Waals surface area (Å²) in [6.07, 6.45) is 0. The minimum atomic E-state index is -0.518. The van der Waals surface area contributed by atoms with Crippen LogP contribution in [0.25, 0.3) is 0 Å². The maximum atomic E-state index is 12.2. The molecule has 0 atom stereocenters. The predicted molar refractivity (Wildman–Crippen MR) is 87.5 cm³/mol. The number of carbonyl (C=O) groups is 1. The molecular weight excluding hydrogens is 262 g/mol. The average molecular weight is 289 g/mol. The molecule has 1 saturated heterocycles. The molecule has 1 amide bonds. The quantitative estimate of drug-likeness (QED) is 0.897. The molecular formula is C17H27N3O. The fourth-order valence-electron chi connectivity index (χ4n) is 2.61. The van der Waals surface area contributed by atoms with E-state index in [1.807, 2.05) is 19.9 Å². The molecule has 116 valence electrons. The highest BCUT2D eigenvalue weighted by Crippen LogP contribution is 2.29. The van der Waals surface area contributed by atoms with Crippen molar-refractivity contribution in [2.24, 2.45) is 0 Å². The lowest BCUT2D eigenvalue weighted by Gasteiger charge is -2.43. The SMILES string of the molecule is CC(C)(C)NCc1ccccc1N1CCNC(=O)C1(C)C. The zero-order valence-electron chi connectivity index (χ0n) is 13.8. The summed E-state index contributed by atoms with van der Waals surface area (Å²) in [6.45, 7) is 12.8. The van der Waals surface area contributed by atoms with Crippen LogP contribution in [0.1, 0.15) is 40.2 Å². The number of rotatable bonds is 3. The van der Waals surface area contributed by atoms with Gasteiger partial charge in [0.25, 0.3) is 0 Å². The van der Waals surface area contributed by atoms with E-state index in [4.69, 9.17) is 0 Å². The minimum Gasteiger partial charge on any atom is -0.355 e. The topological polar surface area (TPSA) is 44.4 Å². The Morgan fingerprint density at radius 2 is 1.95 bits per heavy atom. The van der Waals surface area contributed by atoms with E-state index < -0.39 is 5.54 Å². The highest BCUT2D eigenvalue weighted by molar-refractivity contribution is 5.90. The second-order valence-corrected chi connectivity index (χ2v) is 7.20. The Bertz CT molecular complexity index is 517. The van der Waals surface area contributed by atoms with Crippen LogP contribution in [0.15, 0.2) is 24.3 Å². The van der Waals surface area contributed by atoms with Crippen molar-refractivity contribution < 1.29 is 4.79 Å². The Morgan fingerprint density at radius 3 is 2.62 bits per heavy atom. The second-order valence-electron chi connectivity index (χ2n) is 7.20. The normalized spacial score (nSPS) is 18.5. The first kappa shape index (κ1) is 15.8. The number of hydrogen-bond acceptors (Lipinski definition) is 3. The van der Waals surface area contributed by atoms with Crippen LogP contribution in [0.5, 0.6) is 0 Å². The van der Waals surface area contributed by atoms with E-state index in [0.717, 1.165) is 18.8 Å². The van der Waals surface area contributed by atoms with E-state index >= 15 is 0 Å². The van der Waals surface area contributed by atoms with Crippen molar-refractivity contribution >= 4 is 11.6 Å². The molecule has 0 bridgehead atoms. The Labute approximate surface area is 127 Å². The molecule has 21 heavy (non-hydrogen) atoms. The van der Waals surface area contributed by atoms with E-state index in [2.05, 4.69) is 54.5 Å².